The van der Waals surface area contributed by atoms with Crippen LogP contribution in [-0.4, -0.2) is 67.3 Å². The van der Waals surface area contributed by atoms with Crippen LogP contribution in [0.5, 0.6) is 5.75 Å². The molecule has 0 radical (unpaired) electrons. The lowest BCUT2D eigenvalue weighted by Crippen LogP contribution is -2.47. The van der Waals surface area contributed by atoms with Crippen molar-refractivity contribution in [2.45, 2.75) is 19.8 Å². The molecule has 0 N–H and O–H groups in total. The van der Waals surface area contributed by atoms with E-state index in [1.165, 1.54) is 12.8 Å². The van der Waals surface area contributed by atoms with Crippen LogP contribution < -0.4 is 14.5 Å². The third kappa shape index (κ3) is 4.69. The van der Waals surface area contributed by atoms with Gasteiger partial charge in [0.1, 0.15) is 29.8 Å². The Labute approximate surface area is 161 Å². The van der Waals surface area contributed by atoms with Gasteiger partial charge in [-0.15, -0.1) is 0 Å². The van der Waals surface area contributed by atoms with E-state index in [9.17, 15) is 0 Å². The maximum atomic E-state index is 5.83. The molecule has 0 amide bonds. The van der Waals surface area contributed by atoms with Crippen molar-refractivity contribution in [3.63, 3.8) is 0 Å². The third-order valence-electron chi connectivity index (χ3n) is 5.36. The Kier molecular flexibility index (Phi) is 5.72. The number of aryl methyl sites for hydroxylation is 1. The lowest BCUT2D eigenvalue weighted by atomic mass is 10.3. The zero-order valence-electron chi connectivity index (χ0n) is 16.2. The first kappa shape index (κ1) is 18.0. The summed E-state index contributed by atoms with van der Waals surface area (Å²) in [6.07, 6.45) is 2.53. The van der Waals surface area contributed by atoms with E-state index in [1.807, 2.05) is 37.3 Å². The highest BCUT2D eigenvalue weighted by Gasteiger charge is 2.21. The lowest BCUT2D eigenvalue weighted by Gasteiger charge is -2.35. The van der Waals surface area contributed by atoms with Gasteiger partial charge in [-0.25, -0.2) is 9.97 Å². The number of para-hydroxylation sites is 1. The molecule has 4 rings (SSSR count). The maximum Gasteiger partial charge on any atom is 0.134 e. The molecule has 6 heteroatoms. The molecule has 0 saturated carbocycles. The zero-order chi connectivity index (χ0) is 18.5. The normalized spacial score (nSPS) is 18.1. The minimum absolute atomic E-state index is 0.732. The van der Waals surface area contributed by atoms with E-state index in [1.54, 1.807) is 0 Å². The van der Waals surface area contributed by atoms with Gasteiger partial charge in [0.25, 0.3) is 0 Å². The van der Waals surface area contributed by atoms with Crippen LogP contribution in [0, 0.1) is 6.92 Å². The molecular weight excluding hydrogens is 338 g/mol. The fraction of sp³-hybridized carbons (Fsp3) is 0.524. The third-order valence-corrected chi connectivity index (χ3v) is 5.36. The number of hydrogen-bond acceptors (Lipinski definition) is 6. The molecule has 2 saturated heterocycles. The van der Waals surface area contributed by atoms with Crippen LogP contribution in [0.4, 0.5) is 11.6 Å². The van der Waals surface area contributed by atoms with Gasteiger partial charge in [-0.3, -0.25) is 4.90 Å². The standard InChI is InChI=1S/C21H29N5O/c1-18-22-20(25-9-5-6-10-25)17-21(23-18)26-13-11-24(12-14-26)15-16-27-19-7-3-2-4-8-19/h2-4,7-8,17H,5-6,9-16H2,1H3. The predicted molar refractivity (Wildman–Crippen MR) is 109 cm³/mol. The average Bonchev–Trinajstić information content (AvgIpc) is 3.24. The first-order valence-corrected chi connectivity index (χ1v) is 10.0. The van der Waals surface area contributed by atoms with E-state index >= 15 is 0 Å². The number of rotatable bonds is 6. The number of ether oxygens (including phenoxy) is 1. The highest BCUT2D eigenvalue weighted by atomic mass is 16.5. The minimum atomic E-state index is 0.732. The molecule has 0 spiro atoms. The smallest absolute Gasteiger partial charge is 0.134 e. The van der Waals surface area contributed by atoms with Crippen molar-refractivity contribution in [3.8, 4) is 5.75 Å². The monoisotopic (exact) mass is 367 g/mol. The van der Waals surface area contributed by atoms with E-state index in [0.29, 0.717) is 0 Å². The van der Waals surface area contributed by atoms with Gasteiger partial charge in [0.2, 0.25) is 0 Å². The molecule has 6 nitrogen and oxygen atoms in total. The van der Waals surface area contributed by atoms with Crippen LogP contribution in [0.25, 0.3) is 0 Å². The maximum absolute atomic E-state index is 5.83. The second-order valence-electron chi connectivity index (χ2n) is 7.32. The Morgan fingerprint density at radius 1 is 0.852 bits per heavy atom. The predicted octanol–water partition coefficient (Wildman–Crippen LogP) is 2.59. The number of hydrogen-bond donors (Lipinski definition) is 0. The van der Waals surface area contributed by atoms with E-state index in [0.717, 1.165) is 75.6 Å². The van der Waals surface area contributed by atoms with Gasteiger partial charge in [-0.05, 0) is 31.9 Å². The van der Waals surface area contributed by atoms with Gasteiger partial charge in [0, 0.05) is 51.9 Å². The number of nitrogens with zero attached hydrogens (tertiary/aromatic N) is 5. The molecular formula is C21H29N5O. The van der Waals surface area contributed by atoms with Gasteiger partial charge in [0.15, 0.2) is 0 Å². The van der Waals surface area contributed by atoms with Crippen molar-refractivity contribution in [2.75, 3.05) is 62.2 Å². The zero-order valence-corrected chi connectivity index (χ0v) is 16.2. The number of piperazine rings is 1. The summed E-state index contributed by atoms with van der Waals surface area (Å²) in [5.74, 6) is 3.98. The summed E-state index contributed by atoms with van der Waals surface area (Å²) in [5, 5.41) is 0. The molecule has 2 aromatic rings. The molecule has 2 aliphatic rings. The lowest BCUT2D eigenvalue weighted by molar-refractivity contribution is 0.200. The van der Waals surface area contributed by atoms with Crippen LogP contribution in [0.2, 0.25) is 0 Å². The summed E-state index contributed by atoms with van der Waals surface area (Å²) in [6, 6.07) is 12.2. The Balaban J connectivity index is 1.28. The van der Waals surface area contributed by atoms with Crippen molar-refractivity contribution in [2.24, 2.45) is 0 Å². The molecule has 27 heavy (non-hydrogen) atoms. The van der Waals surface area contributed by atoms with Gasteiger partial charge in [-0.1, -0.05) is 18.2 Å². The van der Waals surface area contributed by atoms with Gasteiger partial charge in [0.05, 0.1) is 0 Å². The summed E-state index contributed by atoms with van der Waals surface area (Å²) in [7, 11) is 0. The number of benzene rings is 1. The number of anilines is 2. The quantitative estimate of drug-likeness (QED) is 0.782. The van der Waals surface area contributed by atoms with Crippen molar-refractivity contribution in [1.29, 1.82) is 0 Å². The second-order valence-corrected chi connectivity index (χ2v) is 7.32. The SMILES string of the molecule is Cc1nc(N2CCCC2)cc(N2CCN(CCOc3ccccc3)CC2)n1. The van der Waals surface area contributed by atoms with Crippen molar-refractivity contribution in [1.82, 2.24) is 14.9 Å². The highest BCUT2D eigenvalue weighted by Crippen LogP contribution is 2.23. The van der Waals surface area contributed by atoms with E-state index in [2.05, 4.69) is 25.8 Å². The van der Waals surface area contributed by atoms with Crippen LogP contribution in [0.1, 0.15) is 18.7 Å². The minimum Gasteiger partial charge on any atom is -0.492 e. The van der Waals surface area contributed by atoms with Crippen molar-refractivity contribution >= 4 is 11.6 Å². The average molecular weight is 367 g/mol. The molecule has 3 heterocycles. The largest absolute Gasteiger partial charge is 0.492 e. The summed E-state index contributed by atoms with van der Waals surface area (Å²) in [5.41, 5.74) is 0. The summed E-state index contributed by atoms with van der Waals surface area (Å²) in [4.78, 5) is 16.6. The molecule has 2 aliphatic heterocycles. The molecule has 2 fully saturated rings. The molecule has 144 valence electrons. The highest BCUT2D eigenvalue weighted by molar-refractivity contribution is 5.51. The Hall–Kier alpha value is -2.34. The fourth-order valence-electron chi connectivity index (χ4n) is 3.82. The van der Waals surface area contributed by atoms with Crippen LogP contribution in [0.3, 0.4) is 0 Å². The Morgan fingerprint density at radius 2 is 1.48 bits per heavy atom. The first-order chi connectivity index (χ1) is 13.3. The Morgan fingerprint density at radius 3 is 2.15 bits per heavy atom. The summed E-state index contributed by atoms with van der Waals surface area (Å²) < 4.78 is 5.83. The molecule has 1 aromatic heterocycles. The Bertz CT molecular complexity index is 725. The molecule has 0 aliphatic carbocycles. The topological polar surface area (TPSA) is 44.7 Å². The first-order valence-electron chi connectivity index (χ1n) is 10.0. The summed E-state index contributed by atoms with van der Waals surface area (Å²) in [6.45, 7) is 10.0. The van der Waals surface area contributed by atoms with Crippen molar-refractivity contribution < 1.29 is 4.74 Å². The van der Waals surface area contributed by atoms with E-state index in [-0.39, 0.29) is 0 Å². The van der Waals surface area contributed by atoms with Gasteiger partial charge < -0.3 is 14.5 Å². The van der Waals surface area contributed by atoms with Crippen LogP contribution in [0.15, 0.2) is 36.4 Å². The molecule has 1 aromatic carbocycles. The van der Waals surface area contributed by atoms with Crippen LogP contribution >= 0.6 is 0 Å². The summed E-state index contributed by atoms with van der Waals surface area (Å²) >= 11 is 0. The fourth-order valence-corrected chi connectivity index (χ4v) is 3.82. The van der Waals surface area contributed by atoms with E-state index in [4.69, 9.17) is 9.72 Å². The van der Waals surface area contributed by atoms with Crippen LogP contribution in [-0.2, 0) is 0 Å². The molecule has 0 bridgehead atoms. The van der Waals surface area contributed by atoms with Crippen molar-refractivity contribution in [3.05, 3.63) is 42.2 Å². The van der Waals surface area contributed by atoms with Gasteiger partial charge in [-0.2, -0.15) is 0 Å². The number of aromatic nitrogens is 2. The van der Waals surface area contributed by atoms with E-state index < -0.39 is 0 Å². The molecule has 0 atom stereocenters. The molecule has 0 unspecified atom stereocenters. The second kappa shape index (κ2) is 8.57. The van der Waals surface area contributed by atoms with Gasteiger partial charge >= 0.3 is 0 Å².